The van der Waals surface area contributed by atoms with Crippen LogP contribution in [-0.2, 0) is 0 Å². The molecular weight excluding hydrogens is 182 g/mol. The van der Waals surface area contributed by atoms with Gasteiger partial charge in [0.1, 0.15) is 0 Å². The van der Waals surface area contributed by atoms with Gasteiger partial charge < -0.3 is 0 Å². The summed E-state index contributed by atoms with van der Waals surface area (Å²) in [6.45, 7) is 2.10. The highest BCUT2D eigenvalue weighted by atomic mass is 14.6. The first-order valence-electron chi connectivity index (χ1n) is 5.05. The first kappa shape index (κ1) is 9.66. The summed E-state index contributed by atoms with van der Waals surface area (Å²) in [5, 5.41) is 0. The van der Waals surface area contributed by atoms with Crippen LogP contribution >= 0.6 is 0 Å². The highest BCUT2D eigenvalue weighted by Crippen LogP contribution is 2.08. The summed E-state index contributed by atoms with van der Waals surface area (Å²) >= 11 is 0. The van der Waals surface area contributed by atoms with E-state index < -0.39 is 0 Å². The zero-order chi connectivity index (χ0) is 10.5. The van der Waals surface area contributed by atoms with Crippen LogP contribution in [0.15, 0.2) is 48.8 Å². The number of aromatic nitrogens is 1. The highest BCUT2D eigenvalue weighted by Gasteiger charge is 1.88. The lowest BCUT2D eigenvalue weighted by Gasteiger charge is -1.94. The predicted octanol–water partition coefficient (Wildman–Crippen LogP) is 2.98. The number of pyridine rings is 1. The van der Waals surface area contributed by atoms with Gasteiger partial charge in [0.15, 0.2) is 12.4 Å². The van der Waals surface area contributed by atoms with Crippen molar-refractivity contribution in [3.8, 4) is 0 Å². The van der Waals surface area contributed by atoms with Crippen LogP contribution in [0.5, 0.6) is 0 Å². The van der Waals surface area contributed by atoms with Crippen LogP contribution < -0.4 is 4.98 Å². The number of aromatic amines is 1. The minimum atomic E-state index is 1.20. The molecule has 0 saturated heterocycles. The van der Waals surface area contributed by atoms with Crippen molar-refractivity contribution in [3.05, 3.63) is 65.5 Å². The van der Waals surface area contributed by atoms with Crippen LogP contribution in [0.25, 0.3) is 12.2 Å². The van der Waals surface area contributed by atoms with Gasteiger partial charge in [0.25, 0.3) is 0 Å². The summed E-state index contributed by atoms with van der Waals surface area (Å²) in [4.78, 5) is 3.00. The summed E-state index contributed by atoms with van der Waals surface area (Å²) in [6, 6.07) is 12.6. The molecule has 0 atom stereocenters. The second-order valence-corrected chi connectivity index (χ2v) is 3.58. The van der Waals surface area contributed by atoms with Crippen LogP contribution in [0.1, 0.15) is 16.7 Å². The minimum absolute atomic E-state index is 1.20. The zero-order valence-electron chi connectivity index (χ0n) is 8.77. The monoisotopic (exact) mass is 196 g/mol. The fourth-order valence-electron chi connectivity index (χ4n) is 1.38. The number of nitrogens with one attached hydrogen (secondary N) is 1. The van der Waals surface area contributed by atoms with Crippen molar-refractivity contribution in [2.24, 2.45) is 0 Å². The molecule has 0 radical (unpaired) electrons. The van der Waals surface area contributed by atoms with Crippen LogP contribution in [0, 0.1) is 6.92 Å². The Hall–Kier alpha value is -1.89. The molecule has 0 bridgehead atoms. The summed E-state index contributed by atoms with van der Waals surface area (Å²) in [5.74, 6) is 0. The molecule has 1 aromatic heterocycles. The first-order chi connectivity index (χ1) is 7.34. The highest BCUT2D eigenvalue weighted by molar-refractivity contribution is 5.69. The molecule has 1 heteroatoms. The molecule has 2 aromatic rings. The minimum Gasteiger partial charge on any atom is -0.218 e. The van der Waals surface area contributed by atoms with Crippen molar-refractivity contribution in [3.63, 3.8) is 0 Å². The normalized spacial score (nSPS) is 10.7. The zero-order valence-corrected chi connectivity index (χ0v) is 8.77. The molecule has 0 aliphatic heterocycles. The predicted molar refractivity (Wildman–Crippen MR) is 63.1 cm³/mol. The Bertz CT molecular complexity index is 441. The fourth-order valence-corrected chi connectivity index (χ4v) is 1.38. The molecule has 1 nitrogen and oxygen atoms in total. The Balaban J connectivity index is 2.15. The van der Waals surface area contributed by atoms with Crippen molar-refractivity contribution in [1.29, 1.82) is 0 Å². The standard InChI is InChI=1S/C14H13N/c1-12-2-4-13(5-3-12)6-7-14-8-10-15-11-9-14/h2-11H,1H3/p+1/b7-6+. The molecule has 15 heavy (non-hydrogen) atoms. The maximum Gasteiger partial charge on any atom is 0.167 e. The van der Waals surface area contributed by atoms with E-state index in [4.69, 9.17) is 0 Å². The maximum atomic E-state index is 3.00. The van der Waals surface area contributed by atoms with E-state index in [-0.39, 0.29) is 0 Å². The van der Waals surface area contributed by atoms with Gasteiger partial charge in [-0.15, -0.1) is 0 Å². The van der Waals surface area contributed by atoms with Crippen LogP contribution in [-0.4, -0.2) is 0 Å². The Morgan fingerprint density at radius 3 is 1.93 bits per heavy atom. The summed E-state index contributed by atoms with van der Waals surface area (Å²) in [5.41, 5.74) is 3.73. The molecule has 0 fully saturated rings. The number of hydrogen-bond acceptors (Lipinski definition) is 0. The van der Waals surface area contributed by atoms with E-state index in [1.54, 1.807) is 0 Å². The smallest absolute Gasteiger partial charge is 0.167 e. The molecule has 0 amide bonds. The lowest BCUT2D eigenvalue weighted by molar-refractivity contribution is -0.378. The van der Waals surface area contributed by atoms with Gasteiger partial charge in [0.05, 0.1) is 0 Å². The van der Waals surface area contributed by atoms with Crippen molar-refractivity contribution < 1.29 is 4.98 Å². The number of aryl methyl sites for hydroxylation is 1. The van der Waals surface area contributed by atoms with Gasteiger partial charge >= 0.3 is 0 Å². The topological polar surface area (TPSA) is 14.1 Å². The molecule has 0 unspecified atom stereocenters. The number of hydrogen-bond donors (Lipinski definition) is 0. The van der Waals surface area contributed by atoms with Crippen LogP contribution in [0.2, 0.25) is 0 Å². The van der Waals surface area contributed by atoms with E-state index in [2.05, 4.69) is 48.3 Å². The molecule has 0 saturated carbocycles. The van der Waals surface area contributed by atoms with Gasteiger partial charge in [0.2, 0.25) is 0 Å². The van der Waals surface area contributed by atoms with Crippen LogP contribution in [0.3, 0.4) is 0 Å². The second-order valence-electron chi connectivity index (χ2n) is 3.58. The van der Waals surface area contributed by atoms with Gasteiger partial charge in [-0.25, -0.2) is 4.98 Å². The van der Waals surface area contributed by atoms with Gasteiger partial charge in [-0.1, -0.05) is 42.0 Å². The third kappa shape index (κ3) is 2.78. The third-order valence-corrected chi connectivity index (χ3v) is 2.29. The van der Waals surface area contributed by atoms with Gasteiger partial charge in [0, 0.05) is 12.1 Å². The average molecular weight is 196 g/mol. The SMILES string of the molecule is Cc1ccc(/C=C/c2cc[nH+]cc2)cc1. The van der Waals surface area contributed by atoms with Gasteiger partial charge in [-0.3, -0.25) is 0 Å². The van der Waals surface area contributed by atoms with Gasteiger partial charge in [-0.2, -0.15) is 0 Å². The lowest BCUT2D eigenvalue weighted by Crippen LogP contribution is -1.96. The van der Waals surface area contributed by atoms with Crippen molar-refractivity contribution >= 4 is 12.2 Å². The van der Waals surface area contributed by atoms with Crippen molar-refractivity contribution in [2.75, 3.05) is 0 Å². The number of H-pyrrole nitrogens is 1. The molecule has 1 heterocycles. The Labute approximate surface area is 90.1 Å². The van der Waals surface area contributed by atoms with Crippen molar-refractivity contribution in [1.82, 2.24) is 0 Å². The van der Waals surface area contributed by atoms with E-state index in [1.807, 2.05) is 24.5 Å². The molecular formula is C14H14N+. The molecule has 1 N–H and O–H groups in total. The quantitative estimate of drug-likeness (QED) is 0.701. The molecule has 2 rings (SSSR count). The summed E-state index contributed by atoms with van der Waals surface area (Å²) < 4.78 is 0. The maximum absolute atomic E-state index is 3.00. The van der Waals surface area contributed by atoms with E-state index in [9.17, 15) is 0 Å². The summed E-state index contributed by atoms with van der Waals surface area (Å²) in [7, 11) is 0. The summed E-state index contributed by atoms with van der Waals surface area (Å²) in [6.07, 6.45) is 8.08. The van der Waals surface area contributed by atoms with E-state index >= 15 is 0 Å². The van der Waals surface area contributed by atoms with Gasteiger partial charge in [-0.05, 0) is 18.1 Å². The van der Waals surface area contributed by atoms with Crippen molar-refractivity contribution in [2.45, 2.75) is 6.92 Å². The molecule has 0 aliphatic rings. The third-order valence-electron chi connectivity index (χ3n) is 2.29. The van der Waals surface area contributed by atoms with Crippen LogP contribution in [0.4, 0.5) is 0 Å². The van der Waals surface area contributed by atoms with E-state index in [1.165, 1.54) is 16.7 Å². The number of rotatable bonds is 2. The lowest BCUT2D eigenvalue weighted by atomic mass is 10.1. The second kappa shape index (κ2) is 4.56. The molecule has 74 valence electrons. The van der Waals surface area contributed by atoms with E-state index in [0.29, 0.717) is 0 Å². The Kier molecular flexibility index (Phi) is 2.93. The molecule has 0 aliphatic carbocycles. The van der Waals surface area contributed by atoms with E-state index in [0.717, 1.165) is 0 Å². The fraction of sp³-hybridized carbons (Fsp3) is 0.0714. The molecule has 1 aromatic carbocycles. The Morgan fingerprint density at radius 2 is 1.33 bits per heavy atom. The largest absolute Gasteiger partial charge is 0.218 e. The first-order valence-corrected chi connectivity index (χ1v) is 5.05. The Morgan fingerprint density at radius 1 is 0.800 bits per heavy atom. The number of benzene rings is 1. The average Bonchev–Trinajstić information content (AvgIpc) is 2.30. The molecule has 0 spiro atoms.